The van der Waals surface area contributed by atoms with Crippen LogP contribution in [0.25, 0.3) is 0 Å². The van der Waals surface area contributed by atoms with Crippen LogP contribution < -0.4 is 10.6 Å². The van der Waals surface area contributed by atoms with Crippen LogP contribution >= 0.6 is 11.6 Å². The number of nitrogens with two attached hydrogens (primary N) is 1. The fourth-order valence-electron chi connectivity index (χ4n) is 2.37. The van der Waals surface area contributed by atoms with Gasteiger partial charge in [0.25, 0.3) is 0 Å². The van der Waals surface area contributed by atoms with Crippen LogP contribution in [0.4, 0.5) is 24.5 Å². The minimum absolute atomic E-state index is 0.114. The molecule has 0 bridgehead atoms. The molecule has 1 aliphatic heterocycles. The van der Waals surface area contributed by atoms with Gasteiger partial charge >= 0.3 is 6.18 Å². The summed E-state index contributed by atoms with van der Waals surface area (Å²) in [5, 5.41) is 0.494. The lowest BCUT2D eigenvalue weighted by atomic mass is 9.96. The second-order valence-electron chi connectivity index (χ2n) is 4.96. The third-order valence-electron chi connectivity index (χ3n) is 3.63. The minimum Gasteiger partial charge on any atom is -0.398 e. The molecule has 1 aromatic rings. The van der Waals surface area contributed by atoms with Crippen molar-refractivity contribution in [2.24, 2.45) is 5.92 Å². The van der Waals surface area contributed by atoms with E-state index in [0.29, 0.717) is 23.8 Å². The van der Waals surface area contributed by atoms with E-state index in [9.17, 15) is 13.2 Å². The Morgan fingerprint density at radius 2 is 1.84 bits per heavy atom. The Morgan fingerprint density at radius 3 is 2.37 bits per heavy atom. The van der Waals surface area contributed by atoms with E-state index in [1.54, 1.807) is 6.07 Å². The molecule has 0 saturated carbocycles. The van der Waals surface area contributed by atoms with Gasteiger partial charge in [0.05, 0.1) is 16.6 Å². The molecule has 0 spiro atoms. The SMILES string of the molecule is Cc1cc(N2CCC(C(F)(F)F)CC2)c(Cl)cc1N. The predicted molar refractivity (Wildman–Crippen MR) is 71.6 cm³/mol. The first-order valence-electron chi connectivity index (χ1n) is 6.16. The van der Waals surface area contributed by atoms with Crippen molar-refractivity contribution >= 4 is 23.0 Å². The highest BCUT2D eigenvalue weighted by Gasteiger charge is 2.41. The number of nitrogens with zero attached hydrogens (tertiary/aromatic N) is 1. The van der Waals surface area contributed by atoms with Gasteiger partial charge in [-0.15, -0.1) is 0 Å². The first kappa shape index (κ1) is 14.3. The number of alkyl halides is 3. The zero-order valence-corrected chi connectivity index (χ0v) is 11.4. The first-order valence-corrected chi connectivity index (χ1v) is 6.54. The van der Waals surface area contributed by atoms with Crippen molar-refractivity contribution in [2.45, 2.75) is 25.9 Å². The molecule has 1 aliphatic rings. The van der Waals surface area contributed by atoms with E-state index < -0.39 is 12.1 Å². The van der Waals surface area contributed by atoms with Crippen molar-refractivity contribution in [3.8, 4) is 0 Å². The number of halogens is 4. The lowest BCUT2D eigenvalue weighted by Gasteiger charge is -2.35. The number of hydrogen-bond acceptors (Lipinski definition) is 2. The quantitative estimate of drug-likeness (QED) is 0.793. The maximum Gasteiger partial charge on any atom is 0.391 e. The van der Waals surface area contributed by atoms with Gasteiger partial charge in [0.2, 0.25) is 0 Å². The van der Waals surface area contributed by atoms with E-state index in [1.165, 1.54) is 0 Å². The molecule has 0 unspecified atom stereocenters. The third kappa shape index (κ3) is 3.08. The molecule has 0 amide bonds. The van der Waals surface area contributed by atoms with E-state index in [4.69, 9.17) is 17.3 Å². The van der Waals surface area contributed by atoms with Crippen LogP contribution in [0.3, 0.4) is 0 Å². The van der Waals surface area contributed by atoms with Gasteiger partial charge in [0.1, 0.15) is 0 Å². The molecule has 6 heteroatoms. The van der Waals surface area contributed by atoms with E-state index in [2.05, 4.69) is 0 Å². The van der Waals surface area contributed by atoms with Crippen LogP contribution in [0, 0.1) is 12.8 Å². The summed E-state index contributed by atoms with van der Waals surface area (Å²) >= 11 is 6.12. The molecule has 19 heavy (non-hydrogen) atoms. The summed E-state index contributed by atoms with van der Waals surface area (Å²) in [4.78, 5) is 1.90. The smallest absolute Gasteiger partial charge is 0.391 e. The molecule has 1 aromatic carbocycles. The van der Waals surface area contributed by atoms with E-state index in [-0.39, 0.29) is 12.8 Å². The molecule has 1 saturated heterocycles. The summed E-state index contributed by atoms with van der Waals surface area (Å²) in [6.45, 7) is 2.60. The highest BCUT2D eigenvalue weighted by atomic mass is 35.5. The Hall–Kier alpha value is -1.10. The van der Waals surface area contributed by atoms with Gasteiger partial charge in [0, 0.05) is 18.8 Å². The standard InChI is InChI=1S/C13H16ClF3N2/c1-8-6-12(10(14)7-11(8)18)19-4-2-9(3-5-19)13(15,16)17/h6-7,9H,2-5,18H2,1H3. The topological polar surface area (TPSA) is 29.3 Å². The maximum absolute atomic E-state index is 12.6. The van der Waals surface area contributed by atoms with Crippen LogP contribution in [-0.4, -0.2) is 19.3 Å². The second-order valence-corrected chi connectivity index (χ2v) is 5.37. The predicted octanol–water partition coefficient (Wildman–Crippen LogP) is 4.01. The molecule has 0 aliphatic carbocycles. The molecule has 2 nitrogen and oxygen atoms in total. The summed E-state index contributed by atoms with van der Waals surface area (Å²) in [7, 11) is 0. The lowest BCUT2D eigenvalue weighted by molar-refractivity contribution is -0.179. The normalized spacial score (nSPS) is 17.8. The molecule has 0 aromatic heterocycles. The number of aryl methyl sites for hydroxylation is 1. The van der Waals surface area contributed by atoms with Crippen molar-refractivity contribution in [1.82, 2.24) is 0 Å². The molecule has 2 rings (SSSR count). The minimum atomic E-state index is -4.09. The van der Waals surface area contributed by atoms with Crippen LogP contribution in [0.2, 0.25) is 5.02 Å². The Morgan fingerprint density at radius 1 is 1.26 bits per heavy atom. The molecule has 106 valence electrons. The van der Waals surface area contributed by atoms with Crippen molar-refractivity contribution in [3.63, 3.8) is 0 Å². The van der Waals surface area contributed by atoms with Gasteiger partial charge in [-0.25, -0.2) is 0 Å². The van der Waals surface area contributed by atoms with E-state index >= 15 is 0 Å². The van der Waals surface area contributed by atoms with Gasteiger partial charge < -0.3 is 10.6 Å². The Labute approximate surface area is 115 Å². The van der Waals surface area contributed by atoms with Crippen LogP contribution in [0.1, 0.15) is 18.4 Å². The van der Waals surface area contributed by atoms with Crippen molar-refractivity contribution in [1.29, 1.82) is 0 Å². The van der Waals surface area contributed by atoms with Crippen LogP contribution in [0.15, 0.2) is 12.1 Å². The summed E-state index contributed by atoms with van der Waals surface area (Å²) in [5.41, 5.74) is 8.00. The highest BCUT2D eigenvalue weighted by molar-refractivity contribution is 6.33. The van der Waals surface area contributed by atoms with Gasteiger partial charge in [-0.1, -0.05) is 11.6 Å². The largest absolute Gasteiger partial charge is 0.398 e. The summed E-state index contributed by atoms with van der Waals surface area (Å²) in [5.74, 6) is -1.20. The molecule has 1 fully saturated rings. The Bertz CT molecular complexity index is 466. The molecule has 0 radical (unpaired) electrons. The first-order chi connectivity index (χ1) is 8.79. The van der Waals surface area contributed by atoms with E-state index in [0.717, 1.165) is 11.3 Å². The fraction of sp³-hybridized carbons (Fsp3) is 0.538. The molecule has 0 atom stereocenters. The van der Waals surface area contributed by atoms with Gasteiger partial charge in [-0.2, -0.15) is 13.2 Å². The molecular weight excluding hydrogens is 277 g/mol. The van der Waals surface area contributed by atoms with Crippen LogP contribution in [-0.2, 0) is 0 Å². The summed E-state index contributed by atoms with van der Waals surface area (Å²) in [6.07, 6.45) is -3.86. The van der Waals surface area contributed by atoms with Crippen molar-refractivity contribution < 1.29 is 13.2 Å². The van der Waals surface area contributed by atoms with Gasteiger partial charge in [-0.05, 0) is 37.5 Å². The average Bonchev–Trinajstić information content (AvgIpc) is 2.33. The summed E-state index contributed by atoms with van der Waals surface area (Å²) in [6, 6.07) is 3.49. The van der Waals surface area contributed by atoms with Crippen LogP contribution in [0.5, 0.6) is 0 Å². The molecule has 1 heterocycles. The number of benzene rings is 1. The van der Waals surface area contributed by atoms with Crippen molar-refractivity contribution in [3.05, 3.63) is 22.7 Å². The lowest BCUT2D eigenvalue weighted by Crippen LogP contribution is -2.39. The molecular formula is C13H16ClF3N2. The zero-order valence-electron chi connectivity index (χ0n) is 10.6. The van der Waals surface area contributed by atoms with Crippen molar-refractivity contribution in [2.75, 3.05) is 23.7 Å². The molecule has 2 N–H and O–H groups in total. The van der Waals surface area contributed by atoms with Gasteiger partial charge in [-0.3, -0.25) is 0 Å². The number of piperidine rings is 1. The maximum atomic E-state index is 12.6. The summed E-state index contributed by atoms with van der Waals surface area (Å²) < 4.78 is 37.8. The monoisotopic (exact) mass is 292 g/mol. The second kappa shape index (κ2) is 5.12. The zero-order chi connectivity index (χ0) is 14.2. The number of nitrogen functional groups attached to an aromatic ring is 1. The highest BCUT2D eigenvalue weighted by Crippen LogP contribution is 2.37. The average molecular weight is 293 g/mol. The number of hydrogen-bond donors (Lipinski definition) is 1. The Kier molecular flexibility index (Phi) is 3.85. The van der Waals surface area contributed by atoms with E-state index in [1.807, 2.05) is 17.9 Å². The number of rotatable bonds is 1. The fourth-order valence-corrected chi connectivity index (χ4v) is 2.66. The Balaban J connectivity index is 2.12. The third-order valence-corrected chi connectivity index (χ3v) is 3.94. The van der Waals surface area contributed by atoms with Gasteiger partial charge in [0.15, 0.2) is 0 Å². The number of anilines is 2.